The second-order valence-corrected chi connectivity index (χ2v) is 7.90. The van der Waals surface area contributed by atoms with Gasteiger partial charge in [0.2, 0.25) is 5.91 Å². The summed E-state index contributed by atoms with van der Waals surface area (Å²) in [6.07, 6.45) is -5.03. The third kappa shape index (κ3) is 2.04. The molecule has 8 heteroatoms. The van der Waals surface area contributed by atoms with E-state index in [4.69, 9.17) is 5.73 Å². The maximum atomic E-state index is 13.2. The van der Waals surface area contributed by atoms with Gasteiger partial charge in [0.25, 0.3) is 0 Å². The van der Waals surface area contributed by atoms with Crippen molar-refractivity contribution in [3.63, 3.8) is 0 Å². The summed E-state index contributed by atoms with van der Waals surface area (Å²) in [5.74, 6) is -3.09. The van der Waals surface area contributed by atoms with Crippen molar-refractivity contribution in [2.24, 2.45) is 11.1 Å². The topological polar surface area (TPSA) is 83.6 Å². The van der Waals surface area contributed by atoms with Gasteiger partial charge in [0.15, 0.2) is 0 Å². The second kappa shape index (κ2) is 5.14. The zero-order valence-corrected chi connectivity index (χ0v) is 14.8. The molecule has 1 aliphatic carbocycles. The van der Waals surface area contributed by atoms with E-state index >= 15 is 0 Å². The van der Waals surface area contributed by atoms with Crippen LogP contribution in [0.15, 0.2) is 18.2 Å². The summed E-state index contributed by atoms with van der Waals surface area (Å²) in [5.41, 5.74) is 3.46. The van der Waals surface area contributed by atoms with Crippen molar-refractivity contribution in [3.8, 4) is 5.75 Å². The van der Waals surface area contributed by atoms with Crippen LogP contribution in [-0.4, -0.2) is 40.1 Å². The molecular weight excluding hydrogens is 349 g/mol. The molecule has 26 heavy (non-hydrogen) atoms. The average molecular weight is 370 g/mol. The lowest BCUT2D eigenvalue weighted by Gasteiger charge is -2.65. The molecule has 1 heterocycles. The second-order valence-electron chi connectivity index (χ2n) is 7.90. The molecule has 1 aromatic carbocycles. The summed E-state index contributed by atoms with van der Waals surface area (Å²) < 4.78 is 39.6. The minimum Gasteiger partial charge on any atom is -0.508 e. The molecule has 3 N–H and O–H groups in total. The predicted octanol–water partition coefficient (Wildman–Crippen LogP) is 2.25. The molecular formula is C18H21F3N2O3. The van der Waals surface area contributed by atoms with Crippen LogP contribution in [0.5, 0.6) is 5.75 Å². The van der Waals surface area contributed by atoms with Crippen molar-refractivity contribution < 1.29 is 27.9 Å². The quantitative estimate of drug-likeness (QED) is 0.795. The van der Waals surface area contributed by atoms with Crippen LogP contribution in [0, 0.1) is 5.41 Å². The van der Waals surface area contributed by atoms with Crippen LogP contribution in [0.1, 0.15) is 38.3 Å². The van der Waals surface area contributed by atoms with E-state index in [9.17, 15) is 27.9 Å². The van der Waals surface area contributed by atoms with E-state index < -0.39 is 34.4 Å². The van der Waals surface area contributed by atoms with E-state index in [0.29, 0.717) is 10.5 Å². The number of aromatic hydroxyl groups is 1. The fourth-order valence-electron chi connectivity index (χ4n) is 4.92. The zero-order chi connectivity index (χ0) is 19.7. The Bertz CT molecular complexity index is 805. The van der Waals surface area contributed by atoms with Gasteiger partial charge in [0.05, 0.1) is 0 Å². The summed E-state index contributed by atoms with van der Waals surface area (Å²) >= 11 is 0. The number of hydrogen-bond donors (Lipinski definition) is 2. The lowest BCUT2D eigenvalue weighted by molar-refractivity contribution is -0.207. The van der Waals surface area contributed by atoms with E-state index in [1.54, 1.807) is 19.9 Å². The van der Waals surface area contributed by atoms with Crippen LogP contribution >= 0.6 is 0 Å². The number of piperidine rings is 1. The molecule has 2 bridgehead atoms. The van der Waals surface area contributed by atoms with Crippen LogP contribution in [0.2, 0.25) is 0 Å². The fourth-order valence-corrected chi connectivity index (χ4v) is 4.92. The molecule has 2 amide bonds. The van der Waals surface area contributed by atoms with Crippen molar-refractivity contribution in [3.05, 3.63) is 29.3 Å². The van der Waals surface area contributed by atoms with Crippen molar-refractivity contribution in [1.29, 1.82) is 0 Å². The van der Waals surface area contributed by atoms with Gasteiger partial charge in [-0.05, 0) is 29.7 Å². The van der Waals surface area contributed by atoms with E-state index in [1.165, 1.54) is 12.1 Å². The predicted molar refractivity (Wildman–Crippen MR) is 87.3 cm³/mol. The van der Waals surface area contributed by atoms with Gasteiger partial charge in [-0.1, -0.05) is 26.8 Å². The zero-order valence-electron chi connectivity index (χ0n) is 14.8. The smallest absolute Gasteiger partial charge is 0.471 e. The number of benzene rings is 1. The number of rotatable bonds is 1. The Morgan fingerprint density at radius 3 is 2.38 bits per heavy atom. The monoisotopic (exact) mass is 370 g/mol. The number of nitrogens with two attached hydrogens (primary N) is 1. The Kier molecular flexibility index (Phi) is 3.67. The number of carbonyl (C=O) groups is 2. The van der Waals surface area contributed by atoms with E-state index in [0.717, 1.165) is 5.56 Å². The summed E-state index contributed by atoms with van der Waals surface area (Å²) in [6, 6.07) is 4.69. The lowest BCUT2D eigenvalue weighted by atomic mass is 9.45. The average Bonchev–Trinajstić information content (AvgIpc) is 2.49. The Balaban J connectivity index is 2.31. The van der Waals surface area contributed by atoms with Gasteiger partial charge in [-0.2, -0.15) is 13.2 Å². The van der Waals surface area contributed by atoms with E-state index in [2.05, 4.69) is 0 Å². The maximum Gasteiger partial charge on any atom is 0.471 e. The molecule has 0 saturated carbocycles. The number of phenolic OH excluding ortho intramolecular Hbond substituents is 1. The molecule has 5 nitrogen and oxygen atoms in total. The summed E-state index contributed by atoms with van der Waals surface area (Å²) in [4.78, 5) is 25.3. The highest BCUT2D eigenvalue weighted by atomic mass is 19.4. The Labute approximate surface area is 149 Å². The van der Waals surface area contributed by atoms with E-state index in [-0.39, 0.29) is 25.1 Å². The fraction of sp³-hybridized carbons (Fsp3) is 0.556. The summed E-state index contributed by atoms with van der Waals surface area (Å²) in [6.45, 7) is 5.02. The first-order chi connectivity index (χ1) is 11.8. The molecule has 142 valence electrons. The first-order valence-corrected chi connectivity index (χ1v) is 8.30. The maximum absolute atomic E-state index is 13.2. The molecule has 0 unspecified atom stereocenters. The van der Waals surface area contributed by atoms with Crippen LogP contribution in [0.3, 0.4) is 0 Å². The molecule has 2 atom stereocenters. The highest BCUT2D eigenvalue weighted by molar-refractivity contribution is 5.94. The number of fused-ring (bicyclic) bond motifs is 4. The van der Waals surface area contributed by atoms with Gasteiger partial charge >= 0.3 is 12.1 Å². The normalized spacial score (nSPS) is 29.8. The van der Waals surface area contributed by atoms with Crippen molar-refractivity contribution in [1.82, 2.24) is 4.90 Å². The number of alkyl halides is 3. The van der Waals surface area contributed by atoms with Crippen LogP contribution in [0.25, 0.3) is 0 Å². The summed E-state index contributed by atoms with van der Waals surface area (Å²) in [7, 11) is 0. The van der Waals surface area contributed by atoms with Crippen molar-refractivity contribution >= 4 is 11.8 Å². The van der Waals surface area contributed by atoms with Gasteiger partial charge < -0.3 is 15.7 Å². The third-order valence-corrected chi connectivity index (χ3v) is 6.73. The Morgan fingerprint density at radius 2 is 1.85 bits per heavy atom. The van der Waals surface area contributed by atoms with Crippen LogP contribution in [-0.2, 0) is 21.4 Å². The molecule has 1 fully saturated rings. The van der Waals surface area contributed by atoms with Crippen LogP contribution in [0.4, 0.5) is 13.2 Å². The van der Waals surface area contributed by atoms with E-state index in [1.807, 2.05) is 6.92 Å². The number of likely N-dealkylation sites (tertiary alicyclic amines) is 1. The minimum atomic E-state index is -5.11. The molecule has 0 spiro atoms. The summed E-state index contributed by atoms with van der Waals surface area (Å²) in [5, 5.41) is 9.82. The first-order valence-electron chi connectivity index (χ1n) is 8.30. The SMILES string of the molecule is CC1(C)[C@@]2(C)CCN(C(=O)C(F)(F)F)[C@]1(C(N)=O)Cc1cc(O)ccc12. The number of phenols is 1. The number of carbonyl (C=O) groups excluding carboxylic acids is 2. The molecule has 0 aromatic heterocycles. The first kappa shape index (κ1) is 18.5. The minimum absolute atomic E-state index is 0.0570. The van der Waals surface area contributed by atoms with Gasteiger partial charge in [0.1, 0.15) is 11.3 Å². The van der Waals surface area contributed by atoms with Gasteiger partial charge in [-0.15, -0.1) is 0 Å². The number of nitrogens with zero attached hydrogens (tertiary/aromatic N) is 1. The number of primary amides is 1. The highest BCUT2D eigenvalue weighted by Crippen LogP contribution is 2.61. The third-order valence-electron chi connectivity index (χ3n) is 6.73. The van der Waals surface area contributed by atoms with Gasteiger partial charge in [-0.3, -0.25) is 9.59 Å². The van der Waals surface area contributed by atoms with Gasteiger partial charge in [0, 0.05) is 23.8 Å². The largest absolute Gasteiger partial charge is 0.508 e. The molecule has 1 aliphatic heterocycles. The molecule has 3 rings (SSSR count). The van der Waals surface area contributed by atoms with Crippen molar-refractivity contribution in [2.45, 2.75) is 50.7 Å². The Morgan fingerprint density at radius 1 is 1.23 bits per heavy atom. The number of halogens is 3. The highest BCUT2D eigenvalue weighted by Gasteiger charge is 2.70. The molecule has 1 saturated heterocycles. The molecule has 0 radical (unpaired) electrons. The van der Waals surface area contributed by atoms with Crippen molar-refractivity contribution in [2.75, 3.05) is 6.54 Å². The molecule has 2 aliphatic rings. The number of hydrogen-bond acceptors (Lipinski definition) is 3. The lowest BCUT2D eigenvalue weighted by Crippen LogP contribution is -2.78. The number of amides is 2. The molecule has 1 aromatic rings. The standard InChI is InChI=1S/C18H21F3N2O3/c1-15(2)16(3)6-7-23(14(26)18(19,20)21)17(15,13(22)25)9-10-8-11(24)4-5-12(10)16/h4-5,8,24H,6-7,9H2,1-3H3,(H2,22,25)/t16-,17-/m0/s1. The van der Waals surface area contributed by atoms with Gasteiger partial charge in [-0.25, -0.2) is 0 Å². The Hall–Kier alpha value is -2.25. The van der Waals surface area contributed by atoms with Crippen LogP contribution < -0.4 is 5.73 Å².